The second-order valence-corrected chi connectivity index (χ2v) is 9.43. The number of sulfonamides is 1. The monoisotopic (exact) mass is 548 g/mol. The molecule has 0 bridgehead atoms. The predicted octanol–water partition coefficient (Wildman–Crippen LogP) is 3.29. The molecule has 154 valence electrons. The third-order valence-electron chi connectivity index (χ3n) is 4.57. The molecule has 0 atom stereocenters. The summed E-state index contributed by atoms with van der Waals surface area (Å²) in [4.78, 5) is 6.35. The Kier molecular flexibility index (Phi) is 10.1. The van der Waals surface area contributed by atoms with Gasteiger partial charge in [-0.2, -0.15) is 0 Å². The van der Waals surface area contributed by atoms with Gasteiger partial charge in [-0.25, -0.2) is 12.7 Å². The highest BCUT2D eigenvalue weighted by atomic mass is 127. The molecule has 0 aromatic heterocycles. The van der Waals surface area contributed by atoms with Gasteiger partial charge in [0.25, 0.3) is 0 Å². The van der Waals surface area contributed by atoms with Gasteiger partial charge in [0, 0.05) is 40.3 Å². The molecule has 1 saturated heterocycles. The van der Waals surface area contributed by atoms with Gasteiger partial charge in [-0.1, -0.05) is 29.3 Å². The van der Waals surface area contributed by atoms with Gasteiger partial charge in [-0.3, -0.25) is 4.99 Å². The Labute approximate surface area is 189 Å². The van der Waals surface area contributed by atoms with Crippen molar-refractivity contribution in [3.05, 3.63) is 33.8 Å². The maximum atomic E-state index is 11.6. The third kappa shape index (κ3) is 7.56. The van der Waals surface area contributed by atoms with E-state index in [0.717, 1.165) is 30.9 Å². The molecule has 6 nitrogen and oxygen atoms in total. The quantitative estimate of drug-likeness (QED) is 0.348. The Hall–Kier alpha value is -0.290. The fourth-order valence-corrected chi connectivity index (χ4v) is 4.25. The fourth-order valence-electron chi connectivity index (χ4n) is 3.05. The van der Waals surface area contributed by atoms with Crippen LogP contribution in [0, 0.1) is 5.92 Å². The van der Waals surface area contributed by atoms with Crippen molar-refractivity contribution in [1.29, 1.82) is 0 Å². The Morgan fingerprint density at radius 2 is 1.93 bits per heavy atom. The van der Waals surface area contributed by atoms with Crippen LogP contribution in [0.4, 0.5) is 0 Å². The van der Waals surface area contributed by atoms with Crippen molar-refractivity contribution in [2.75, 3.05) is 40.0 Å². The van der Waals surface area contributed by atoms with Gasteiger partial charge in [0.15, 0.2) is 5.96 Å². The number of hydrogen-bond acceptors (Lipinski definition) is 3. The summed E-state index contributed by atoms with van der Waals surface area (Å²) < 4.78 is 24.7. The average Bonchev–Trinajstić information content (AvgIpc) is 2.58. The van der Waals surface area contributed by atoms with Crippen LogP contribution in [0.15, 0.2) is 23.2 Å². The summed E-state index contributed by atoms with van der Waals surface area (Å²) in [5.41, 5.74) is 1.05. The lowest BCUT2D eigenvalue weighted by Crippen LogP contribution is -2.44. The summed E-state index contributed by atoms with van der Waals surface area (Å²) in [5, 5.41) is 4.47. The van der Waals surface area contributed by atoms with Gasteiger partial charge in [0.2, 0.25) is 10.0 Å². The maximum Gasteiger partial charge on any atom is 0.211 e. The zero-order chi connectivity index (χ0) is 19.3. The number of aliphatic imine (C=N–C) groups is 1. The molecule has 1 aliphatic heterocycles. The van der Waals surface area contributed by atoms with E-state index >= 15 is 0 Å². The fraction of sp³-hybridized carbons (Fsp3) is 0.588. The number of hydrogen-bond donors (Lipinski definition) is 1. The lowest BCUT2D eigenvalue weighted by molar-refractivity contribution is 0.273. The Morgan fingerprint density at radius 3 is 2.44 bits per heavy atom. The minimum absolute atomic E-state index is 0. The first-order valence-corrected chi connectivity index (χ1v) is 11.1. The lowest BCUT2D eigenvalue weighted by atomic mass is 9.98. The van der Waals surface area contributed by atoms with Crippen LogP contribution in [0.2, 0.25) is 10.0 Å². The molecule has 27 heavy (non-hydrogen) atoms. The van der Waals surface area contributed by atoms with E-state index in [2.05, 4.69) is 10.3 Å². The molecule has 0 amide bonds. The van der Waals surface area contributed by atoms with Gasteiger partial charge < -0.3 is 10.2 Å². The number of halogens is 3. The highest BCUT2D eigenvalue weighted by Crippen LogP contribution is 2.23. The Morgan fingerprint density at radius 1 is 1.30 bits per heavy atom. The van der Waals surface area contributed by atoms with Gasteiger partial charge >= 0.3 is 0 Å². The first kappa shape index (κ1) is 24.7. The van der Waals surface area contributed by atoms with Crippen molar-refractivity contribution in [2.24, 2.45) is 10.9 Å². The number of guanidine groups is 1. The van der Waals surface area contributed by atoms with Crippen molar-refractivity contribution in [3.8, 4) is 0 Å². The lowest BCUT2D eigenvalue weighted by Gasteiger charge is -2.31. The number of rotatable bonds is 5. The summed E-state index contributed by atoms with van der Waals surface area (Å²) in [6, 6.07) is 5.59. The van der Waals surface area contributed by atoms with Gasteiger partial charge in [-0.15, -0.1) is 24.0 Å². The van der Waals surface area contributed by atoms with Crippen LogP contribution in [-0.2, 0) is 16.6 Å². The molecule has 1 aromatic carbocycles. The average molecular weight is 549 g/mol. The number of benzene rings is 1. The minimum atomic E-state index is -3.08. The van der Waals surface area contributed by atoms with Gasteiger partial charge in [0.05, 0.1) is 16.3 Å². The number of piperidine rings is 1. The standard InChI is InChI=1S/C17H26Cl2N4O2S.HI/c1-20-17(22(2)12-14-4-5-15(18)16(19)10-14)21-11-13-6-8-23(9-7-13)26(3,24)25;/h4-5,10,13H,6-9,11-12H2,1-3H3,(H,20,21);1H. The van der Waals surface area contributed by atoms with E-state index in [4.69, 9.17) is 23.2 Å². The first-order chi connectivity index (χ1) is 12.2. The minimum Gasteiger partial charge on any atom is -0.356 e. The smallest absolute Gasteiger partial charge is 0.211 e. The molecule has 10 heteroatoms. The largest absolute Gasteiger partial charge is 0.356 e. The van der Waals surface area contributed by atoms with Crippen molar-refractivity contribution in [1.82, 2.24) is 14.5 Å². The molecule has 1 heterocycles. The predicted molar refractivity (Wildman–Crippen MR) is 124 cm³/mol. The van der Waals surface area contributed by atoms with E-state index in [1.54, 1.807) is 17.4 Å². The van der Waals surface area contributed by atoms with Crippen LogP contribution in [0.1, 0.15) is 18.4 Å². The summed E-state index contributed by atoms with van der Waals surface area (Å²) >= 11 is 12.0. The molecule has 2 rings (SSSR count). The van der Waals surface area contributed by atoms with E-state index in [1.165, 1.54) is 6.26 Å². The zero-order valence-corrected chi connectivity index (χ0v) is 20.4. The van der Waals surface area contributed by atoms with Crippen LogP contribution in [-0.4, -0.2) is 63.6 Å². The molecule has 0 spiro atoms. The molecule has 1 N–H and O–H groups in total. The molecule has 0 unspecified atom stereocenters. The normalized spacial score (nSPS) is 16.7. The third-order valence-corrected chi connectivity index (χ3v) is 6.61. The SMILES string of the molecule is CN=C(NCC1CCN(S(C)(=O)=O)CC1)N(C)Cc1ccc(Cl)c(Cl)c1.I. The highest BCUT2D eigenvalue weighted by Gasteiger charge is 2.25. The van der Waals surface area contributed by atoms with Gasteiger partial charge in [0.1, 0.15) is 0 Å². The first-order valence-electron chi connectivity index (χ1n) is 8.51. The van der Waals surface area contributed by atoms with Crippen LogP contribution >= 0.6 is 47.2 Å². The molecule has 0 radical (unpaired) electrons. The van der Waals surface area contributed by atoms with Crippen LogP contribution in [0.5, 0.6) is 0 Å². The summed E-state index contributed by atoms with van der Waals surface area (Å²) in [6.45, 7) is 2.60. The van der Waals surface area contributed by atoms with Crippen molar-refractivity contribution in [2.45, 2.75) is 19.4 Å². The maximum absolute atomic E-state index is 11.6. The molecule has 1 aromatic rings. The molecule has 0 aliphatic carbocycles. The second-order valence-electron chi connectivity index (χ2n) is 6.64. The molecular weight excluding hydrogens is 522 g/mol. The second kappa shape index (κ2) is 11.0. The summed E-state index contributed by atoms with van der Waals surface area (Å²) in [7, 11) is 0.633. The molecule has 0 saturated carbocycles. The van der Waals surface area contributed by atoms with E-state index in [1.807, 2.05) is 24.1 Å². The Balaban J connectivity index is 0.00000364. The van der Waals surface area contributed by atoms with E-state index in [-0.39, 0.29) is 24.0 Å². The van der Waals surface area contributed by atoms with Crippen LogP contribution < -0.4 is 5.32 Å². The van der Waals surface area contributed by atoms with E-state index in [9.17, 15) is 8.42 Å². The number of nitrogens with one attached hydrogen (secondary N) is 1. The van der Waals surface area contributed by atoms with Crippen molar-refractivity contribution < 1.29 is 8.42 Å². The van der Waals surface area contributed by atoms with E-state index < -0.39 is 10.0 Å². The number of nitrogens with zero attached hydrogens (tertiary/aromatic N) is 3. The van der Waals surface area contributed by atoms with Crippen molar-refractivity contribution >= 4 is 63.2 Å². The molecular formula is C17H27Cl2IN4O2S. The summed E-state index contributed by atoms with van der Waals surface area (Å²) in [5.74, 6) is 1.23. The highest BCUT2D eigenvalue weighted by molar-refractivity contribution is 14.0. The Bertz CT molecular complexity index is 753. The summed E-state index contributed by atoms with van der Waals surface area (Å²) in [6.07, 6.45) is 2.98. The van der Waals surface area contributed by atoms with Crippen molar-refractivity contribution in [3.63, 3.8) is 0 Å². The van der Waals surface area contributed by atoms with Crippen LogP contribution in [0.3, 0.4) is 0 Å². The van der Waals surface area contributed by atoms with Crippen LogP contribution in [0.25, 0.3) is 0 Å². The topological polar surface area (TPSA) is 65.0 Å². The van der Waals surface area contributed by atoms with Gasteiger partial charge in [-0.05, 0) is 36.5 Å². The zero-order valence-electron chi connectivity index (χ0n) is 15.8. The molecule has 1 aliphatic rings. The van der Waals surface area contributed by atoms with E-state index in [0.29, 0.717) is 35.6 Å². The molecule has 1 fully saturated rings.